The zero-order valence-electron chi connectivity index (χ0n) is 21.5. The molecule has 0 radical (unpaired) electrons. The summed E-state index contributed by atoms with van der Waals surface area (Å²) in [6.45, 7) is 1.94. The van der Waals surface area contributed by atoms with Crippen molar-refractivity contribution in [3.8, 4) is 0 Å². The average Bonchev–Trinajstić information content (AvgIpc) is 3.72. The van der Waals surface area contributed by atoms with Gasteiger partial charge in [0.05, 0.1) is 7.11 Å². The van der Waals surface area contributed by atoms with E-state index in [0.29, 0.717) is 6.42 Å². The highest BCUT2D eigenvalue weighted by atomic mass is 16.5. The summed E-state index contributed by atoms with van der Waals surface area (Å²) in [5.41, 5.74) is 0. The van der Waals surface area contributed by atoms with Crippen molar-refractivity contribution < 1.29 is 19.4 Å². The van der Waals surface area contributed by atoms with Crippen molar-refractivity contribution in [1.82, 2.24) is 18.3 Å². The third kappa shape index (κ3) is 9.22. The van der Waals surface area contributed by atoms with E-state index in [4.69, 9.17) is 4.74 Å². The number of aliphatic carboxylic acids is 1. The molecule has 0 saturated heterocycles. The van der Waals surface area contributed by atoms with Crippen LogP contribution in [-0.4, -0.2) is 42.4 Å². The number of carbonyl (C=O) groups excluding carboxylic acids is 1. The molecule has 0 saturated carbocycles. The third-order valence-electron chi connectivity index (χ3n) is 6.35. The molecule has 0 unspecified atom stereocenters. The van der Waals surface area contributed by atoms with Crippen LogP contribution in [0.15, 0.2) is 98.1 Å². The monoisotopic (exact) mass is 506 g/mol. The van der Waals surface area contributed by atoms with E-state index in [2.05, 4.69) is 21.5 Å². The van der Waals surface area contributed by atoms with Crippen LogP contribution in [0.5, 0.6) is 0 Å². The molecule has 0 spiro atoms. The molecule has 4 aromatic heterocycles. The number of carboxylic acids is 1. The largest absolute Gasteiger partial charge is 0.480 e. The number of aryl methyl sites for hydroxylation is 2. The van der Waals surface area contributed by atoms with Crippen LogP contribution in [0, 0.1) is 0 Å². The van der Waals surface area contributed by atoms with Gasteiger partial charge in [0.25, 0.3) is 0 Å². The van der Waals surface area contributed by atoms with Crippen molar-refractivity contribution in [2.75, 3.05) is 7.11 Å². The Hall–Kier alpha value is -3.94. The Bertz CT molecular complexity index is 1120. The van der Waals surface area contributed by atoms with Gasteiger partial charge >= 0.3 is 11.9 Å². The Morgan fingerprint density at radius 2 is 1.00 bits per heavy atom. The number of carboxylic acid groups (broad SMARTS) is 1. The summed E-state index contributed by atoms with van der Waals surface area (Å²) in [7, 11) is 1.44. The second-order valence-electron chi connectivity index (χ2n) is 8.99. The summed E-state index contributed by atoms with van der Waals surface area (Å²) in [4.78, 5) is 23.0. The molecule has 1 N–H and O–H groups in total. The average molecular weight is 507 g/mol. The molecule has 0 aromatic carbocycles. The Kier molecular flexibility index (Phi) is 11.4. The molecule has 0 aliphatic heterocycles. The van der Waals surface area contributed by atoms with Crippen LogP contribution in [0.3, 0.4) is 0 Å². The van der Waals surface area contributed by atoms with Crippen molar-refractivity contribution in [3.63, 3.8) is 0 Å². The lowest BCUT2D eigenvalue weighted by atomic mass is 10.1. The van der Waals surface area contributed by atoms with Crippen LogP contribution in [0.2, 0.25) is 0 Å². The molecule has 8 nitrogen and oxygen atoms in total. The molecule has 0 bridgehead atoms. The SMILES string of the molecule is COC(=O)[C@H](CCCCn1cccc1)n1cccc1.O=C(O)[C@H](CCCCn1cccc1)n1cccc1. The summed E-state index contributed by atoms with van der Waals surface area (Å²) >= 11 is 0. The minimum atomic E-state index is -0.757. The molecule has 4 heterocycles. The summed E-state index contributed by atoms with van der Waals surface area (Å²) in [6.07, 6.45) is 21.1. The van der Waals surface area contributed by atoms with E-state index in [1.807, 2.05) is 90.3 Å². The number of hydrogen-bond donors (Lipinski definition) is 1. The third-order valence-corrected chi connectivity index (χ3v) is 6.35. The van der Waals surface area contributed by atoms with Crippen molar-refractivity contribution in [2.45, 2.75) is 63.7 Å². The molecule has 37 heavy (non-hydrogen) atoms. The van der Waals surface area contributed by atoms with Gasteiger partial charge in [0, 0.05) is 62.7 Å². The van der Waals surface area contributed by atoms with Gasteiger partial charge in [-0.3, -0.25) is 0 Å². The fourth-order valence-electron chi connectivity index (χ4n) is 4.34. The van der Waals surface area contributed by atoms with E-state index in [1.54, 1.807) is 4.57 Å². The van der Waals surface area contributed by atoms with E-state index in [1.165, 1.54) is 7.11 Å². The van der Waals surface area contributed by atoms with Gasteiger partial charge in [0.15, 0.2) is 0 Å². The second-order valence-corrected chi connectivity index (χ2v) is 8.99. The number of methoxy groups -OCH3 is 1. The lowest BCUT2D eigenvalue weighted by Gasteiger charge is -2.16. The second kappa shape index (κ2) is 15.2. The molecular formula is C29H38N4O4. The van der Waals surface area contributed by atoms with Gasteiger partial charge in [0.1, 0.15) is 12.1 Å². The van der Waals surface area contributed by atoms with Crippen molar-refractivity contribution in [2.24, 2.45) is 0 Å². The van der Waals surface area contributed by atoms with Gasteiger partial charge in [-0.05, 0) is 87.1 Å². The number of aromatic nitrogens is 4. The molecule has 4 rings (SSSR count). The first-order valence-electron chi connectivity index (χ1n) is 12.9. The number of nitrogens with zero attached hydrogens (tertiary/aromatic N) is 4. The Labute approximate surface area is 218 Å². The molecule has 198 valence electrons. The topological polar surface area (TPSA) is 83.3 Å². The lowest BCUT2D eigenvalue weighted by molar-refractivity contribution is -0.145. The number of carbonyl (C=O) groups is 2. The normalized spacial score (nSPS) is 12.4. The fraction of sp³-hybridized carbons (Fsp3) is 0.379. The van der Waals surface area contributed by atoms with E-state index < -0.39 is 12.0 Å². The van der Waals surface area contributed by atoms with Gasteiger partial charge in [-0.1, -0.05) is 0 Å². The first-order valence-corrected chi connectivity index (χ1v) is 12.9. The number of hydrogen-bond acceptors (Lipinski definition) is 3. The van der Waals surface area contributed by atoms with Gasteiger partial charge in [-0.15, -0.1) is 0 Å². The van der Waals surface area contributed by atoms with Crippen LogP contribution in [-0.2, 0) is 27.4 Å². The van der Waals surface area contributed by atoms with Gasteiger partial charge < -0.3 is 28.1 Å². The van der Waals surface area contributed by atoms with Crippen LogP contribution < -0.4 is 0 Å². The molecule has 0 aliphatic carbocycles. The number of esters is 1. The molecule has 0 aliphatic rings. The van der Waals surface area contributed by atoms with Crippen LogP contribution in [0.4, 0.5) is 0 Å². The lowest BCUT2D eigenvalue weighted by Crippen LogP contribution is -2.19. The molecule has 0 amide bonds. The van der Waals surface area contributed by atoms with Crippen LogP contribution >= 0.6 is 0 Å². The smallest absolute Gasteiger partial charge is 0.328 e. The molecule has 0 fully saturated rings. The zero-order valence-corrected chi connectivity index (χ0v) is 21.5. The first kappa shape index (κ1) is 27.6. The minimum absolute atomic E-state index is 0.169. The van der Waals surface area contributed by atoms with E-state index >= 15 is 0 Å². The number of unbranched alkanes of at least 4 members (excludes halogenated alkanes) is 2. The molecule has 8 heteroatoms. The summed E-state index contributed by atoms with van der Waals surface area (Å²) in [5.74, 6) is -0.927. The molecule has 2 atom stereocenters. The van der Waals surface area contributed by atoms with Gasteiger partial charge in [-0.25, -0.2) is 9.59 Å². The predicted octanol–water partition coefficient (Wildman–Crippen LogP) is 5.66. The highest BCUT2D eigenvalue weighted by molar-refractivity contribution is 5.74. The van der Waals surface area contributed by atoms with Gasteiger partial charge in [-0.2, -0.15) is 0 Å². The summed E-state index contributed by atoms with van der Waals surface area (Å²) in [5, 5.41) is 9.20. The van der Waals surface area contributed by atoms with Gasteiger partial charge in [0.2, 0.25) is 0 Å². The molecule has 4 aromatic rings. The van der Waals surface area contributed by atoms with Crippen LogP contribution in [0.1, 0.15) is 50.6 Å². The maximum atomic E-state index is 11.8. The maximum Gasteiger partial charge on any atom is 0.328 e. The summed E-state index contributed by atoms with van der Waals surface area (Å²) < 4.78 is 12.8. The van der Waals surface area contributed by atoms with Crippen molar-refractivity contribution >= 4 is 11.9 Å². The van der Waals surface area contributed by atoms with E-state index in [0.717, 1.165) is 45.2 Å². The van der Waals surface area contributed by atoms with E-state index in [-0.39, 0.29) is 12.0 Å². The summed E-state index contributed by atoms with van der Waals surface area (Å²) in [6, 6.07) is 15.0. The van der Waals surface area contributed by atoms with Crippen molar-refractivity contribution in [3.05, 3.63) is 98.1 Å². The quantitative estimate of drug-likeness (QED) is 0.177. The zero-order chi connectivity index (χ0) is 26.3. The van der Waals surface area contributed by atoms with Crippen LogP contribution in [0.25, 0.3) is 0 Å². The predicted molar refractivity (Wildman–Crippen MR) is 143 cm³/mol. The highest BCUT2D eigenvalue weighted by Crippen LogP contribution is 2.18. The maximum absolute atomic E-state index is 11.8. The number of rotatable bonds is 14. The Morgan fingerprint density at radius 1 is 0.622 bits per heavy atom. The Morgan fingerprint density at radius 3 is 1.41 bits per heavy atom. The first-order chi connectivity index (χ1) is 18.1. The fourth-order valence-corrected chi connectivity index (χ4v) is 4.34. The van der Waals surface area contributed by atoms with E-state index in [9.17, 15) is 14.7 Å². The number of ether oxygens (including phenoxy) is 1. The highest BCUT2D eigenvalue weighted by Gasteiger charge is 2.19. The molecular weight excluding hydrogens is 468 g/mol. The minimum Gasteiger partial charge on any atom is -0.480 e. The standard InChI is InChI=1S/C15H20N2O2.C14H18N2O2/c1-19-15(18)14(17-12-6-7-13-17)8-2-3-9-16-10-4-5-11-16;17-14(18)13(16-11-5-6-12-16)7-1-2-8-15-9-3-4-10-15/h4-7,10-14H,2-3,8-9H2,1H3;3-6,9-13H,1-2,7-8H2,(H,17,18)/t14-;13-/m00/s1. The Balaban J connectivity index is 0.000000206. The van der Waals surface area contributed by atoms with Crippen molar-refractivity contribution in [1.29, 1.82) is 0 Å².